The Labute approximate surface area is 125 Å². The summed E-state index contributed by atoms with van der Waals surface area (Å²) in [7, 11) is 0.443. The van der Waals surface area contributed by atoms with Crippen molar-refractivity contribution in [2.24, 2.45) is 0 Å². The molecule has 110 valence electrons. The van der Waals surface area contributed by atoms with Gasteiger partial charge in [-0.1, -0.05) is 18.2 Å². The maximum atomic E-state index is 12.0. The monoisotopic (exact) mass is 304 g/mol. The van der Waals surface area contributed by atoms with E-state index in [0.717, 1.165) is 11.3 Å². The van der Waals surface area contributed by atoms with E-state index in [4.69, 9.17) is 4.74 Å². The van der Waals surface area contributed by atoms with Crippen LogP contribution < -0.4 is 4.74 Å². The van der Waals surface area contributed by atoms with Crippen molar-refractivity contribution < 1.29 is 19.2 Å². The van der Waals surface area contributed by atoms with E-state index in [2.05, 4.69) is 0 Å². The Morgan fingerprint density at radius 3 is 2.43 bits per heavy atom. The van der Waals surface area contributed by atoms with Gasteiger partial charge in [-0.2, -0.15) is 0 Å². The molecule has 0 fully saturated rings. The third-order valence-electron chi connectivity index (χ3n) is 2.88. The highest BCUT2D eigenvalue weighted by molar-refractivity contribution is 7.87. The second kappa shape index (κ2) is 6.95. The number of hydrogen-bond acceptors (Lipinski definition) is 4. The molecule has 2 aromatic carbocycles. The molecule has 0 aliphatic heterocycles. The molecule has 0 bridgehead atoms. The van der Waals surface area contributed by atoms with E-state index in [1.807, 2.05) is 24.3 Å². The van der Waals surface area contributed by atoms with Gasteiger partial charge in [0.2, 0.25) is 0 Å². The van der Waals surface area contributed by atoms with E-state index < -0.39 is 10.8 Å². The van der Waals surface area contributed by atoms with Crippen molar-refractivity contribution in [3.05, 3.63) is 59.0 Å². The highest BCUT2D eigenvalue weighted by atomic mass is 32.2. The average molecular weight is 304 g/mol. The smallest absolute Gasteiger partial charge is 0.157 e. The van der Waals surface area contributed by atoms with Gasteiger partial charge in [0.15, 0.2) is 11.5 Å². The van der Waals surface area contributed by atoms with Crippen molar-refractivity contribution in [3.63, 3.8) is 0 Å². The molecule has 1 atom stereocenters. The number of phenolic OH excluding ortho intramolecular Hbond substituents is 2. The SMILES string of the molecule is COc1ccc(CS(=O)/C=C/c2ccc(O)c(O)c2)cc1. The molecule has 0 radical (unpaired) electrons. The van der Waals surface area contributed by atoms with Crippen molar-refractivity contribution in [1.29, 1.82) is 0 Å². The van der Waals surface area contributed by atoms with Gasteiger partial charge in [-0.25, -0.2) is 0 Å². The zero-order valence-electron chi connectivity index (χ0n) is 11.5. The zero-order chi connectivity index (χ0) is 15.2. The lowest BCUT2D eigenvalue weighted by Gasteiger charge is -2.02. The molecule has 0 saturated carbocycles. The number of ether oxygens (including phenoxy) is 1. The lowest BCUT2D eigenvalue weighted by Crippen LogP contribution is -1.92. The normalized spacial score (nSPS) is 12.4. The maximum Gasteiger partial charge on any atom is 0.157 e. The number of benzene rings is 2. The fraction of sp³-hybridized carbons (Fsp3) is 0.125. The van der Waals surface area contributed by atoms with E-state index in [1.54, 1.807) is 24.7 Å². The lowest BCUT2D eigenvalue weighted by molar-refractivity contribution is 0.403. The Morgan fingerprint density at radius 2 is 1.81 bits per heavy atom. The summed E-state index contributed by atoms with van der Waals surface area (Å²) in [6, 6.07) is 11.8. The third-order valence-corrected chi connectivity index (χ3v) is 3.94. The van der Waals surface area contributed by atoms with Gasteiger partial charge < -0.3 is 14.9 Å². The van der Waals surface area contributed by atoms with Crippen LogP contribution >= 0.6 is 0 Å². The Bertz CT molecular complexity index is 662. The molecular formula is C16H16O4S. The van der Waals surface area contributed by atoms with Gasteiger partial charge in [0.05, 0.1) is 23.7 Å². The van der Waals surface area contributed by atoms with E-state index >= 15 is 0 Å². The van der Waals surface area contributed by atoms with Crippen LogP contribution in [0.3, 0.4) is 0 Å². The van der Waals surface area contributed by atoms with Gasteiger partial charge in [0.1, 0.15) is 5.75 Å². The molecule has 0 aliphatic carbocycles. The number of hydrogen-bond donors (Lipinski definition) is 2. The summed E-state index contributed by atoms with van der Waals surface area (Å²) < 4.78 is 17.0. The Hall–Kier alpha value is -2.27. The van der Waals surface area contributed by atoms with Crippen LogP contribution in [0.2, 0.25) is 0 Å². The summed E-state index contributed by atoms with van der Waals surface area (Å²) in [6.07, 6.45) is 1.65. The van der Waals surface area contributed by atoms with Crippen LogP contribution in [0.4, 0.5) is 0 Å². The largest absolute Gasteiger partial charge is 0.504 e. The predicted molar refractivity (Wildman–Crippen MR) is 83.6 cm³/mol. The van der Waals surface area contributed by atoms with Crippen molar-refractivity contribution in [2.45, 2.75) is 5.75 Å². The molecule has 0 spiro atoms. The minimum absolute atomic E-state index is 0.175. The second-order valence-corrected chi connectivity index (χ2v) is 5.75. The quantitative estimate of drug-likeness (QED) is 0.833. The number of rotatable bonds is 5. The molecule has 2 aromatic rings. The van der Waals surface area contributed by atoms with E-state index in [-0.39, 0.29) is 11.5 Å². The van der Waals surface area contributed by atoms with Crippen molar-refractivity contribution in [3.8, 4) is 17.2 Å². The molecule has 1 unspecified atom stereocenters. The first-order valence-corrected chi connectivity index (χ1v) is 7.67. The van der Waals surface area contributed by atoms with Gasteiger partial charge in [-0.05, 0) is 41.5 Å². The van der Waals surface area contributed by atoms with Gasteiger partial charge in [-0.15, -0.1) is 0 Å². The van der Waals surface area contributed by atoms with Crippen LogP contribution in [-0.2, 0) is 16.6 Å². The first-order chi connectivity index (χ1) is 10.1. The highest BCUT2D eigenvalue weighted by Crippen LogP contribution is 2.25. The highest BCUT2D eigenvalue weighted by Gasteiger charge is 2.01. The standard InChI is InChI=1S/C16H16O4S/c1-20-14-5-2-13(3-6-14)11-21(19)9-8-12-4-7-15(17)16(18)10-12/h2-10,17-18H,11H2,1H3/b9-8+. The van der Waals surface area contributed by atoms with Gasteiger partial charge in [-0.3, -0.25) is 4.21 Å². The first-order valence-electron chi connectivity index (χ1n) is 6.29. The second-order valence-electron chi connectivity index (χ2n) is 4.42. The molecule has 5 heteroatoms. The van der Waals surface area contributed by atoms with Gasteiger partial charge in [0, 0.05) is 5.41 Å². The maximum absolute atomic E-state index is 12.0. The topological polar surface area (TPSA) is 66.8 Å². The molecule has 0 saturated heterocycles. The van der Waals surface area contributed by atoms with Crippen molar-refractivity contribution >= 4 is 16.9 Å². The van der Waals surface area contributed by atoms with Crippen LogP contribution in [0.1, 0.15) is 11.1 Å². The van der Waals surface area contributed by atoms with Crippen LogP contribution in [0.15, 0.2) is 47.9 Å². The Morgan fingerprint density at radius 1 is 1.10 bits per heavy atom. The van der Waals surface area contributed by atoms with E-state index in [1.165, 1.54) is 12.1 Å². The zero-order valence-corrected chi connectivity index (χ0v) is 12.3. The Balaban J connectivity index is 1.99. The molecule has 0 amide bonds. The molecule has 2 N–H and O–H groups in total. The summed E-state index contributed by atoms with van der Waals surface area (Å²) >= 11 is 0. The minimum Gasteiger partial charge on any atom is -0.504 e. The van der Waals surface area contributed by atoms with Crippen LogP contribution in [0.5, 0.6) is 17.2 Å². The van der Waals surface area contributed by atoms with Gasteiger partial charge >= 0.3 is 0 Å². The summed E-state index contributed by atoms with van der Waals surface area (Å²) in [4.78, 5) is 0. The molecule has 4 nitrogen and oxygen atoms in total. The molecule has 2 rings (SSSR count). The first kappa shape index (κ1) is 15.1. The number of aromatic hydroxyl groups is 2. The summed E-state index contributed by atoms with van der Waals surface area (Å²) in [5.74, 6) is 0.800. The molecule has 0 aliphatic rings. The summed E-state index contributed by atoms with van der Waals surface area (Å²) in [5.41, 5.74) is 1.63. The fourth-order valence-electron chi connectivity index (χ4n) is 1.73. The van der Waals surface area contributed by atoms with E-state index in [0.29, 0.717) is 11.3 Å². The van der Waals surface area contributed by atoms with Gasteiger partial charge in [0.25, 0.3) is 0 Å². The predicted octanol–water partition coefficient (Wildman–Crippen LogP) is 3.03. The molecule has 0 heterocycles. The van der Waals surface area contributed by atoms with Crippen LogP contribution in [0, 0.1) is 0 Å². The minimum atomic E-state index is -1.16. The third kappa shape index (κ3) is 4.36. The fourth-order valence-corrected chi connectivity index (χ4v) is 2.66. The molecule has 0 aromatic heterocycles. The molecular weight excluding hydrogens is 288 g/mol. The lowest BCUT2D eigenvalue weighted by atomic mass is 10.2. The Kier molecular flexibility index (Phi) is 5.00. The van der Waals surface area contributed by atoms with Crippen molar-refractivity contribution in [1.82, 2.24) is 0 Å². The number of phenols is 2. The van der Waals surface area contributed by atoms with E-state index in [9.17, 15) is 14.4 Å². The molecule has 21 heavy (non-hydrogen) atoms. The average Bonchev–Trinajstić information content (AvgIpc) is 2.49. The summed E-state index contributed by atoms with van der Waals surface area (Å²) in [6.45, 7) is 0. The summed E-state index contributed by atoms with van der Waals surface area (Å²) in [5, 5.41) is 20.2. The van der Waals surface area contributed by atoms with Crippen LogP contribution in [0.25, 0.3) is 6.08 Å². The number of methoxy groups -OCH3 is 1. The van der Waals surface area contributed by atoms with Crippen LogP contribution in [-0.4, -0.2) is 21.5 Å². The van der Waals surface area contributed by atoms with Crippen molar-refractivity contribution in [2.75, 3.05) is 7.11 Å².